The molecule has 0 aliphatic heterocycles. The van der Waals surface area contributed by atoms with Crippen LogP contribution in [-0.4, -0.2) is 17.1 Å². The number of nitrogens with zero attached hydrogens (tertiary/aromatic N) is 1. The summed E-state index contributed by atoms with van der Waals surface area (Å²) in [6.07, 6.45) is 0. The molecule has 1 aromatic heterocycles. The van der Waals surface area contributed by atoms with Gasteiger partial charge < -0.3 is 19.0 Å². The Morgan fingerprint density at radius 1 is 1.23 bits per heavy atom. The van der Waals surface area contributed by atoms with Crippen molar-refractivity contribution in [3.63, 3.8) is 0 Å². The Bertz CT molecular complexity index is 1060. The molecule has 0 aliphatic rings. The summed E-state index contributed by atoms with van der Waals surface area (Å²) in [6.45, 7) is 1.54. The molecule has 2 aromatic carbocycles. The first-order chi connectivity index (χ1) is 12.4. The average Bonchev–Trinajstić information content (AvgIpc) is 2.62. The third kappa shape index (κ3) is 3.16. The third-order valence-corrected chi connectivity index (χ3v) is 3.96. The lowest BCUT2D eigenvalue weighted by atomic mass is 10.1. The molecule has 0 fully saturated rings. The molecule has 0 radical (unpaired) electrons. The molecule has 134 valence electrons. The predicted octanol–water partition coefficient (Wildman–Crippen LogP) is 3.30. The Morgan fingerprint density at radius 3 is 2.69 bits per heavy atom. The Labute approximate surface area is 147 Å². The van der Waals surface area contributed by atoms with Crippen LogP contribution in [0.5, 0.6) is 17.2 Å². The molecule has 3 aromatic rings. The molecule has 0 spiro atoms. The van der Waals surface area contributed by atoms with E-state index in [0.29, 0.717) is 22.3 Å². The summed E-state index contributed by atoms with van der Waals surface area (Å²) in [5, 5.41) is 21.6. The van der Waals surface area contributed by atoms with Crippen molar-refractivity contribution in [1.29, 1.82) is 0 Å². The Hall–Kier alpha value is -3.55. The number of phenols is 1. The van der Waals surface area contributed by atoms with Crippen LogP contribution in [0.15, 0.2) is 45.6 Å². The highest BCUT2D eigenvalue weighted by Gasteiger charge is 2.18. The molecule has 0 amide bonds. The maximum absolute atomic E-state index is 11.8. The van der Waals surface area contributed by atoms with Gasteiger partial charge in [-0.3, -0.25) is 10.1 Å². The molecule has 26 heavy (non-hydrogen) atoms. The van der Waals surface area contributed by atoms with Crippen LogP contribution in [0.1, 0.15) is 11.1 Å². The second kappa shape index (κ2) is 6.75. The smallest absolute Gasteiger partial charge is 0.336 e. The number of phenolic OH excluding ortho intramolecular Hbond substituents is 1. The maximum atomic E-state index is 11.8. The number of aromatic hydroxyl groups is 1. The van der Waals surface area contributed by atoms with E-state index in [9.17, 15) is 20.0 Å². The van der Waals surface area contributed by atoms with Crippen LogP contribution in [0, 0.1) is 17.0 Å². The van der Waals surface area contributed by atoms with Crippen LogP contribution >= 0.6 is 0 Å². The fraction of sp³-hybridized carbons (Fsp3) is 0.167. The van der Waals surface area contributed by atoms with E-state index < -0.39 is 10.5 Å². The van der Waals surface area contributed by atoms with Gasteiger partial charge in [-0.25, -0.2) is 4.79 Å². The predicted molar refractivity (Wildman–Crippen MR) is 92.9 cm³/mol. The molecule has 0 atom stereocenters. The second-order valence-electron chi connectivity index (χ2n) is 5.56. The number of methoxy groups -OCH3 is 1. The molecule has 0 bridgehead atoms. The minimum Gasteiger partial charge on any atom is -0.508 e. The number of nitro benzene ring substituents is 1. The van der Waals surface area contributed by atoms with Crippen molar-refractivity contribution in [3.8, 4) is 17.2 Å². The van der Waals surface area contributed by atoms with Crippen molar-refractivity contribution in [3.05, 3.63) is 68.1 Å². The molecule has 0 unspecified atom stereocenters. The molecule has 1 heterocycles. The summed E-state index contributed by atoms with van der Waals surface area (Å²) in [5.41, 5.74) is 0.321. The molecule has 8 nitrogen and oxygen atoms in total. The standard InChI is InChI=1S/C18H15NO7/c1-10-15(20)5-4-13-11(7-17(21)26-18(10)13)9-25-16-6-3-12(24-2)8-14(16)19(22)23/h3-8,20H,9H2,1-2H3. The minimum absolute atomic E-state index is 0.00418. The first-order valence-corrected chi connectivity index (χ1v) is 7.61. The van der Waals surface area contributed by atoms with E-state index >= 15 is 0 Å². The number of hydrogen-bond donors (Lipinski definition) is 1. The minimum atomic E-state index is -0.603. The number of hydrogen-bond acceptors (Lipinski definition) is 7. The lowest BCUT2D eigenvalue weighted by molar-refractivity contribution is -0.386. The van der Waals surface area contributed by atoms with E-state index in [0.717, 1.165) is 0 Å². The van der Waals surface area contributed by atoms with Crippen LogP contribution in [-0.2, 0) is 6.61 Å². The summed E-state index contributed by atoms with van der Waals surface area (Å²) in [6, 6.07) is 8.57. The lowest BCUT2D eigenvalue weighted by Gasteiger charge is -2.10. The monoisotopic (exact) mass is 357 g/mol. The van der Waals surface area contributed by atoms with Crippen molar-refractivity contribution in [1.82, 2.24) is 0 Å². The Balaban J connectivity index is 2.00. The van der Waals surface area contributed by atoms with Crippen molar-refractivity contribution in [2.24, 2.45) is 0 Å². The summed E-state index contributed by atoms with van der Waals surface area (Å²) >= 11 is 0. The van der Waals surface area contributed by atoms with E-state index in [2.05, 4.69) is 0 Å². The van der Waals surface area contributed by atoms with Gasteiger partial charge >= 0.3 is 11.3 Å². The van der Waals surface area contributed by atoms with Crippen LogP contribution in [0.25, 0.3) is 11.0 Å². The highest BCUT2D eigenvalue weighted by Crippen LogP contribution is 2.33. The number of nitro groups is 1. The Morgan fingerprint density at radius 2 is 2.00 bits per heavy atom. The zero-order valence-electron chi connectivity index (χ0n) is 14.0. The number of ether oxygens (including phenoxy) is 2. The number of aryl methyl sites for hydroxylation is 1. The summed E-state index contributed by atoms with van der Waals surface area (Å²) < 4.78 is 15.7. The van der Waals surface area contributed by atoms with Gasteiger partial charge in [-0.1, -0.05) is 0 Å². The van der Waals surface area contributed by atoms with Gasteiger partial charge in [-0.15, -0.1) is 0 Å². The van der Waals surface area contributed by atoms with Gasteiger partial charge in [0, 0.05) is 22.6 Å². The van der Waals surface area contributed by atoms with E-state index in [4.69, 9.17) is 13.9 Å². The first-order valence-electron chi connectivity index (χ1n) is 7.61. The van der Waals surface area contributed by atoms with Crippen LogP contribution < -0.4 is 15.1 Å². The third-order valence-electron chi connectivity index (χ3n) is 3.96. The van der Waals surface area contributed by atoms with E-state index in [1.54, 1.807) is 19.1 Å². The number of fused-ring (bicyclic) bond motifs is 1. The Kier molecular flexibility index (Phi) is 4.49. The van der Waals surface area contributed by atoms with E-state index in [1.165, 1.54) is 31.4 Å². The van der Waals surface area contributed by atoms with Crippen LogP contribution in [0.4, 0.5) is 5.69 Å². The van der Waals surface area contributed by atoms with Gasteiger partial charge in [0.2, 0.25) is 0 Å². The molecule has 0 aliphatic carbocycles. The van der Waals surface area contributed by atoms with Gasteiger partial charge in [0.15, 0.2) is 5.75 Å². The lowest BCUT2D eigenvalue weighted by Crippen LogP contribution is -2.05. The second-order valence-corrected chi connectivity index (χ2v) is 5.56. The molecule has 1 N–H and O–H groups in total. The van der Waals surface area contributed by atoms with Gasteiger partial charge in [-0.2, -0.15) is 0 Å². The fourth-order valence-electron chi connectivity index (χ4n) is 2.58. The van der Waals surface area contributed by atoms with E-state index in [-0.39, 0.29) is 29.4 Å². The molecule has 8 heteroatoms. The van der Waals surface area contributed by atoms with Gasteiger partial charge in [0.05, 0.1) is 18.1 Å². The number of benzene rings is 2. The van der Waals surface area contributed by atoms with Crippen molar-refractivity contribution in [2.75, 3.05) is 7.11 Å². The van der Waals surface area contributed by atoms with E-state index in [1.807, 2.05) is 0 Å². The zero-order chi connectivity index (χ0) is 18.8. The molecule has 0 saturated heterocycles. The molecular weight excluding hydrogens is 342 g/mol. The van der Waals surface area contributed by atoms with Crippen LogP contribution in [0.2, 0.25) is 0 Å². The van der Waals surface area contributed by atoms with Crippen LogP contribution in [0.3, 0.4) is 0 Å². The first kappa shape index (κ1) is 17.3. The maximum Gasteiger partial charge on any atom is 0.336 e. The fourth-order valence-corrected chi connectivity index (χ4v) is 2.58. The summed E-state index contributed by atoms with van der Waals surface area (Å²) in [7, 11) is 1.41. The summed E-state index contributed by atoms with van der Waals surface area (Å²) in [4.78, 5) is 22.5. The van der Waals surface area contributed by atoms with Gasteiger partial charge in [0.25, 0.3) is 0 Å². The van der Waals surface area contributed by atoms with Gasteiger partial charge in [-0.05, 0) is 31.2 Å². The number of rotatable bonds is 5. The van der Waals surface area contributed by atoms with Crippen molar-refractivity contribution >= 4 is 16.7 Å². The largest absolute Gasteiger partial charge is 0.508 e. The van der Waals surface area contributed by atoms with Crippen molar-refractivity contribution in [2.45, 2.75) is 13.5 Å². The molecule has 3 rings (SSSR count). The summed E-state index contributed by atoms with van der Waals surface area (Å²) in [5.74, 6) is 0.387. The highest BCUT2D eigenvalue weighted by atomic mass is 16.6. The average molecular weight is 357 g/mol. The SMILES string of the molecule is COc1ccc(OCc2cc(=O)oc3c(C)c(O)ccc23)c([N+](=O)[O-])c1. The molecule has 0 saturated carbocycles. The normalized spacial score (nSPS) is 10.7. The van der Waals surface area contributed by atoms with Gasteiger partial charge in [0.1, 0.15) is 23.7 Å². The molecular formula is C18H15NO7. The topological polar surface area (TPSA) is 112 Å². The quantitative estimate of drug-likeness (QED) is 0.423. The highest BCUT2D eigenvalue weighted by molar-refractivity contribution is 5.84. The van der Waals surface area contributed by atoms with Crippen molar-refractivity contribution < 1.29 is 23.9 Å². The zero-order valence-corrected chi connectivity index (χ0v) is 14.0.